The van der Waals surface area contributed by atoms with Crippen LogP contribution in [0.1, 0.15) is 16.3 Å². The zero-order valence-corrected chi connectivity index (χ0v) is 13.7. The molecule has 1 aromatic heterocycles. The van der Waals surface area contributed by atoms with E-state index in [2.05, 4.69) is 15.0 Å². The minimum Gasteiger partial charge on any atom is -0.483 e. The summed E-state index contributed by atoms with van der Waals surface area (Å²) in [6.07, 6.45) is -1.70. The third kappa shape index (κ3) is 5.93. The molecule has 0 radical (unpaired) electrons. The van der Waals surface area contributed by atoms with E-state index >= 15 is 0 Å². The van der Waals surface area contributed by atoms with Crippen molar-refractivity contribution >= 4 is 29.0 Å². The summed E-state index contributed by atoms with van der Waals surface area (Å²) in [6.45, 7) is 0.344. The zero-order chi connectivity index (χ0) is 18.4. The first-order valence-electron chi connectivity index (χ1n) is 6.92. The van der Waals surface area contributed by atoms with Gasteiger partial charge in [0, 0.05) is 17.1 Å². The van der Waals surface area contributed by atoms with Crippen LogP contribution in [-0.4, -0.2) is 23.7 Å². The number of nitriles is 1. The molecule has 1 amide bonds. The molecular weight excluding hydrogens is 355 g/mol. The summed E-state index contributed by atoms with van der Waals surface area (Å²) in [5.74, 6) is -0.662. The fourth-order valence-electron chi connectivity index (χ4n) is 1.78. The number of anilines is 1. The van der Waals surface area contributed by atoms with Gasteiger partial charge in [-0.2, -0.15) is 18.4 Å². The second-order valence-corrected chi connectivity index (χ2v) is 5.90. The standard InChI is InChI=1S/C16H12F3N3O2S/c1-10-21-13(8-25-10)3-5-15(23)22-12-2-4-14(11(6-12)7-20)24-9-16(17,18)19/h2-6,8H,9H2,1H3,(H,22,23)/b5-3+. The molecule has 0 unspecified atom stereocenters. The first kappa shape index (κ1) is 18.5. The van der Waals surface area contributed by atoms with Crippen LogP contribution in [-0.2, 0) is 4.79 Å². The van der Waals surface area contributed by atoms with E-state index in [4.69, 9.17) is 5.26 Å². The minimum atomic E-state index is -4.50. The molecular formula is C16H12F3N3O2S. The van der Waals surface area contributed by atoms with Gasteiger partial charge >= 0.3 is 6.18 Å². The van der Waals surface area contributed by atoms with Gasteiger partial charge in [-0.05, 0) is 31.2 Å². The summed E-state index contributed by atoms with van der Waals surface area (Å²) in [6, 6.07) is 5.53. The Morgan fingerprint density at radius 1 is 1.48 bits per heavy atom. The molecule has 9 heteroatoms. The molecule has 0 spiro atoms. The first-order chi connectivity index (χ1) is 11.8. The van der Waals surface area contributed by atoms with Gasteiger partial charge in [-0.15, -0.1) is 11.3 Å². The molecule has 1 heterocycles. The second-order valence-electron chi connectivity index (χ2n) is 4.84. The summed E-state index contributed by atoms with van der Waals surface area (Å²) in [5, 5.41) is 14.2. The summed E-state index contributed by atoms with van der Waals surface area (Å²) in [7, 11) is 0. The van der Waals surface area contributed by atoms with E-state index in [9.17, 15) is 18.0 Å². The fourth-order valence-corrected chi connectivity index (χ4v) is 2.36. The molecule has 0 bridgehead atoms. The van der Waals surface area contributed by atoms with Gasteiger partial charge in [-0.25, -0.2) is 4.98 Å². The number of carbonyl (C=O) groups is 1. The van der Waals surface area contributed by atoms with E-state index in [1.165, 1.54) is 41.7 Å². The molecule has 25 heavy (non-hydrogen) atoms. The lowest BCUT2D eigenvalue weighted by Crippen LogP contribution is -2.19. The third-order valence-corrected chi connectivity index (χ3v) is 3.59. The van der Waals surface area contributed by atoms with Crippen molar-refractivity contribution in [2.24, 2.45) is 0 Å². The maximum absolute atomic E-state index is 12.2. The number of hydrogen-bond donors (Lipinski definition) is 1. The Morgan fingerprint density at radius 3 is 2.84 bits per heavy atom. The zero-order valence-electron chi connectivity index (χ0n) is 12.9. The van der Waals surface area contributed by atoms with Gasteiger partial charge in [-0.3, -0.25) is 4.79 Å². The highest BCUT2D eigenvalue weighted by molar-refractivity contribution is 7.09. The molecule has 0 fully saturated rings. The first-order valence-corrected chi connectivity index (χ1v) is 7.80. The summed E-state index contributed by atoms with van der Waals surface area (Å²) in [4.78, 5) is 16.0. The Hall–Kier alpha value is -2.86. The SMILES string of the molecule is Cc1nc(/C=C/C(=O)Nc2ccc(OCC(F)(F)F)c(C#N)c2)cs1. The van der Waals surface area contributed by atoms with Crippen LogP contribution in [0.3, 0.4) is 0 Å². The van der Waals surface area contributed by atoms with Gasteiger partial charge in [0.25, 0.3) is 0 Å². The molecule has 0 saturated carbocycles. The van der Waals surface area contributed by atoms with Gasteiger partial charge < -0.3 is 10.1 Å². The molecule has 2 rings (SSSR count). The number of aryl methyl sites for hydroxylation is 1. The molecule has 1 aromatic carbocycles. The van der Waals surface area contributed by atoms with Crippen LogP contribution >= 0.6 is 11.3 Å². The average Bonchev–Trinajstić information content (AvgIpc) is 2.96. The third-order valence-electron chi connectivity index (χ3n) is 2.80. The van der Waals surface area contributed by atoms with Crippen LogP contribution in [0, 0.1) is 18.3 Å². The Morgan fingerprint density at radius 2 is 2.24 bits per heavy atom. The number of rotatable bonds is 5. The molecule has 0 aliphatic rings. The lowest BCUT2D eigenvalue weighted by atomic mass is 10.2. The van der Waals surface area contributed by atoms with Gasteiger partial charge in [0.1, 0.15) is 11.8 Å². The van der Waals surface area contributed by atoms with Gasteiger partial charge in [0.2, 0.25) is 5.91 Å². The van der Waals surface area contributed by atoms with Crippen LogP contribution in [0.5, 0.6) is 5.75 Å². The van der Waals surface area contributed by atoms with Gasteiger partial charge in [-0.1, -0.05) is 0 Å². The molecule has 0 saturated heterocycles. The highest BCUT2D eigenvalue weighted by Crippen LogP contribution is 2.25. The maximum Gasteiger partial charge on any atom is 0.422 e. The predicted octanol–water partition coefficient (Wildman–Crippen LogP) is 3.92. The van der Waals surface area contributed by atoms with Crippen molar-refractivity contribution in [1.29, 1.82) is 5.26 Å². The molecule has 0 aliphatic carbocycles. The van der Waals surface area contributed by atoms with Crippen molar-refractivity contribution in [2.75, 3.05) is 11.9 Å². The van der Waals surface area contributed by atoms with Crippen molar-refractivity contribution < 1.29 is 22.7 Å². The van der Waals surface area contributed by atoms with Gasteiger partial charge in [0.15, 0.2) is 6.61 Å². The summed E-state index contributed by atoms with van der Waals surface area (Å²) in [5.41, 5.74) is 0.799. The summed E-state index contributed by atoms with van der Waals surface area (Å²) >= 11 is 1.45. The number of alkyl halides is 3. The normalized spacial score (nSPS) is 11.3. The van der Waals surface area contributed by atoms with Crippen molar-refractivity contribution in [3.63, 3.8) is 0 Å². The second kappa shape index (κ2) is 7.81. The molecule has 2 aromatic rings. The largest absolute Gasteiger partial charge is 0.483 e. The van der Waals surface area contributed by atoms with E-state index in [-0.39, 0.29) is 17.0 Å². The molecule has 0 atom stereocenters. The lowest BCUT2D eigenvalue weighted by molar-refractivity contribution is -0.153. The number of benzene rings is 1. The number of thiazole rings is 1. The number of halogens is 3. The Bertz CT molecular complexity index is 838. The number of ether oxygens (including phenoxy) is 1. The maximum atomic E-state index is 12.2. The predicted molar refractivity (Wildman–Crippen MR) is 87.2 cm³/mol. The van der Waals surface area contributed by atoms with Crippen molar-refractivity contribution in [3.8, 4) is 11.8 Å². The average molecular weight is 367 g/mol. The number of nitrogens with one attached hydrogen (secondary N) is 1. The molecule has 130 valence electrons. The number of hydrogen-bond acceptors (Lipinski definition) is 5. The van der Waals surface area contributed by atoms with Crippen molar-refractivity contribution in [2.45, 2.75) is 13.1 Å². The number of nitrogens with zero attached hydrogens (tertiary/aromatic N) is 2. The number of aromatic nitrogens is 1. The lowest BCUT2D eigenvalue weighted by Gasteiger charge is -2.11. The van der Waals surface area contributed by atoms with Crippen molar-refractivity contribution in [3.05, 3.63) is 45.9 Å². The van der Waals surface area contributed by atoms with Crippen LogP contribution in [0.2, 0.25) is 0 Å². The smallest absolute Gasteiger partial charge is 0.422 e. The van der Waals surface area contributed by atoms with Crippen LogP contribution < -0.4 is 10.1 Å². The number of amides is 1. The van der Waals surface area contributed by atoms with E-state index < -0.39 is 18.7 Å². The Kier molecular flexibility index (Phi) is 5.77. The van der Waals surface area contributed by atoms with Crippen LogP contribution in [0.25, 0.3) is 6.08 Å². The van der Waals surface area contributed by atoms with E-state index in [1.54, 1.807) is 11.4 Å². The highest BCUT2D eigenvalue weighted by atomic mass is 32.1. The topological polar surface area (TPSA) is 75.0 Å². The molecule has 5 nitrogen and oxygen atoms in total. The molecule has 0 aliphatic heterocycles. The quantitative estimate of drug-likeness (QED) is 0.813. The monoisotopic (exact) mass is 367 g/mol. The highest BCUT2D eigenvalue weighted by Gasteiger charge is 2.28. The molecule has 1 N–H and O–H groups in total. The van der Waals surface area contributed by atoms with Crippen LogP contribution in [0.4, 0.5) is 18.9 Å². The minimum absolute atomic E-state index is 0.110. The Labute approximate surface area is 145 Å². The van der Waals surface area contributed by atoms with Crippen LogP contribution in [0.15, 0.2) is 29.7 Å². The number of carbonyl (C=O) groups excluding carboxylic acids is 1. The van der Waals surface area contributed by atoms with E-state index in [0.29, 0.717) is 5.69 Å². The van der Waals surface area contributed by atoms with Crippen molar-refractivity contribution in [1.82, 2.24) is 4.98 Å². The Balaban J connectivity index is 2.03. The van der Waals surface area contributed by atoms with Gasteiger partial charge in [0.05, 0.1) is 16.3 Å². The summed E-state index contributed by atoms with van der Waals surface area (Å²) < 4.78 is 41.1. The van der Waals surface area contributed by atoms with E-state index in [0.717, 1.165) is 5.01 Å². The fraction of sp³-hybridized carbons (Fsp3) is 0.188. The van der Waals surface area contributed by atoms with E-state index in [1.807, 2.05) is 6.92 Å².